The highest BCUT2D eigenvalue weighted by Gasteiger charge is 2.19. The molecule has 0 aromatic carbocycles. The van der Waals surface area contributed by atoms with Crippen LogP contribution in [0.15, 0.2) is 12.2 Å². The van der Waals surface area contributed by atoms with E-state index in [0.717, 1.165) is 6.42 Å². The van der Waals surface area contributed by atoms with Gasteiger partial charge in [0.15, 0.2) is 0 Å². The van der Waals surface area contributed by atoms with Gasteiger partial charge in [-0.25, -0.2) is 0 Å². The Balaban J connectivity index is 2.38. The van der Waals surface area contributed by atoms with E-state index in [1.165, 1.54) is 0 Å². The summed E-state index contributed by atoms with van der Waals surface area (Å²) in [6.45, 7) is 0. The first-order valence-corrected chi connectivity index (χ1v) is 4.44. The maximum Gasteiger partial charge on any atom is 0.320 e. The zero-order valence-electron chi connectivity index (χ0n) is 7.39. The summed E-state index contributed by atoms with van der Waals surface area (Å²) in [6, 6.07) is -0.787. The molecule has 0 radical (unpaired) electrons. The highest BCUT2D eigenvalue weighted by atomic mass is 16.4. The smallest absolute Gasteiger partial charge is 0.320 e. The van der Waals surface area contributed by atoms with Gasteiger partial charge in [-0.15, -0.1) is 0 Å². The summed E-state index contributed by atoms with van der Waals surface area (Å²) in [4.78, 5) is 10.4. The van der Waals surface area contributed by atoms with Gasteiger partial charge in [-0.05, 0) is 25.2 Å². The summed E-state index contributed by atoms with van der Waals surface area (Å²) < 4.78 is 0. The molecule has 0 fully saturated rings. The Morgan fingerprint density at radius 1 is 1.54 bits per heavy atom. The number of nitrogens with two attached hydrogens (primary N) is 1. The number of hydrogen-bond donors (Lipinski definition) is 3. The van der Waals surface area contributed by atoms with Gasteiger partial charge in [0.25, 0.3) is 0 Å². The van der Waals surface area contributed by atoms with Crippen LogP contribution in [0.1, 0.15) is 19.3 Å². The lowest BCUT2D eigenvalue weighted by atomic mass is 9.89. The van der Waals surface area contributed by atoms with E-state index in [2.05, 4.69) is 0 Å². The minimum absolute atomic E-state index is 0.203. The average molecular weight is 185 g/mol. The summed E-state index contributed by atoms with van der Waals surface area (Å²) in [5, 5.41) is 17.7. The minimum Gasteiger partial charge on any atom is -0.480 e. The molecule has 0 heterocycles. The molecule has 1 rings (SSSR count). The number of allylic oxidation sites excluding steroid dienone is 1. The van der Waals surface area contributed by atoms with Crippen molar-refractivity contribution in [1.82, 2.24) is 0 Å². The fourth-order valence-corrected chi connectivity index (χ4v) is 1.49. The third-order valence-corrected chi connectivity index (χ3v) is 2.31. The van der Waals surface area contributed by atoms with Gasteiger partial charge in [0.1, 0.15) is 6.04 Å². The number of rotatable bonds is 3. The van der Waals surface area contributed by atoms with Crippen LogP contribution in [-0.2, 0) is 4.79 Å². The minimum atomic E-state index is -0.959. The van der Waals surface area contributed by atoms with Crippen LogP contribution in [0.25, 0.3) is 0 Å². The first-order valence-electron chi connectivity index (χ1n) is 4.44. The lowest BCUT2D eigenvalue weighted by molar-refractivity contribution is -0.138. The molecule has 0 saturated heterocycles. The van der Waals surface area contributed by atoms with Crippen molar-refractivity contribution in [2.24, 2.45) is 11.7 Å². The Hall–Kier alpha value is -0.870. The van der Waals surface area contributed by atoms with Crippen molar-refractivity contribution in [3.8, 4) is 0 Å². The number of hydrogen-bond acceptors (Lipinski definition) is 3. The van der Waals surface area contributed by atoms with Crippen molar-refractivity contribution in [3.63, 3.8) is 0 Å². The Morgan fingerprint density at radius 3 is 2.69 bits per heavy atom. The van der Waals surface area contributed by atoms with Crippen molar-refractivity contribution in [2.45, 2.75) is 31.4 Å². The molecule has 0 aliphatic heterocycles. The highest BCUT2D eigenvalue weighted by Crippen LogP contribution is 2.21. The van der Waals surface area contributed by atoms with Crippen LogP contribution in [0, 0.1) is 5.92 Å². The lowest BCUT2D eigenvalue weighted by Gasteiger charge is -2.20. The second-order valence-electron chi connectivity index (χ2n) is 3.47. The van der Waals surface area contributed by atoms with Crippen LogP contribution >= 0.6 is 0 Å². The van der Waals surface area contributed by atoms with Crippen molar-refractivity contribution < 1.29 is 15.0 Å². The molecule has 4 nitrogen and oxygen atoms in total. The molecule has 3 unspecified atom stereocenters. The maximum absolute atomic E-state index is 10.4. The number of aliphatic carboxylic acids is 1. The van der Waals surface area contributed by atoms with Crippen molar-refractivity contribution in [2.75, 3.05) is 0 Å². The van der Waals surface area contributed by atoms with Crippen LogP contribution in [0.5, 0.6) is 0 Å². The van der Waals surface area contributed by atoms with Crippen molar-refractivity contribution in [1.29, 1.82) is 0 Å². The molecule has 0 amide bonds. The van der Waals surface area contributed by atoms with Gasteiger partial charge in [0.2, 0.25) is 0 Å². The molecule has 0 spiro atoms. The predicted molar refractivity (Wildman–Crippen MR) is 48.1 cm³/mol. The Bertz CT molecular complexity index is 215. The maximum atomic E-state index is 10.4. The van der Waals surface area contributed by atoms with Crippen LogP contribution in [0.4, 0.5) is 0 Å². The van der Waals surface area contributed by atoms with E-state index in [4.69, 9.17) is 15.9 Å². The molecule has 0 saturated carbocycles. The van der Waals surface area contributed by atoms with E-state index >= 15 is 0 Å². The Labute approximate surface area is 77.1 Å². The van der Waals surface area contributed by atoms with Crippen LogP contribution in [0.3, 0.4) is 0 Å². The molecule has 3 atom stereocenters. The molecule has 1 aliphatic carbocycles. The molecule has 0 aromatic heterocycles. The van der Waals surface area contributed by atoms with Crippen LogP contribution in [0.2, 0.25) is 0 Å². The Kier molecular flexibility index (Phi) is 3.45. The van der Waals surface area contributed by atoms with E-state index in [1.54, 1.807) is 6.08 Å². The van der Waals surface area contributed by atoms with Crippen molar-refractivity contribution >= 4 is 5.97 Å². The third-order valence-electron chi connectivity index (χ3n) is 2.31. The number of aliphatic hydroxyl groups is 1. The zero-order valence-corrected chi connectivity index (χ0v) is 7.39. The van der Waals surface area contributed by atoms with Gasteiger partial charge in [0, 0.05) is 0 Å². The molecule has 0 aromatic rings. The molecule has 0 bridgehead atoms. The average Bonchev–Trinajstić information content (AvgIpc) is 2.08. The summed E-state index contributed by atoms with van der Waals surface area (Å²) in [7, 11) is 0. The number of carbonyl (C=O) groups is 1. The largest absolute Gasteiger partial charge is 0.480 e. The first kappa shape index (κ1) is 10.2. The molecule has 4 heteroatoms. The van der Waals surface area contributed by atoms with Crippen LogP contribution < -0.4 is 5.73 Å². The molecule has 13 heavy (non-hydrogen) atoms. The van der Waals surface area contributed by atoms with E-state index in [0.29, 0.717) is 12.8 Å². The Morgan fingerprint density at radius 2 is 2.23 bits per heavy atom. The fourth-order valence-electron chi connectivity index (χ4n) is 1.49. The van der Waals surface area contributed by atoms with Gasteiger partial charge in [-0.1, -0.05) is 12.2 Å². The standard InChI is InChI=1S/C9H15NO3/c10-8(9(12)13)5-6-1-3-7(11)4-2-6/h1,3,6-8,11H,2,4-5,10H2,(H,12,13). The third kappa shape index (κ3) is 3.16. The van der Waals surface area contributed by atoms with E-state index < -0.39 is 12.0 Å². The summed E-state index contributed by atoms with van der Waals surface area (Å²) in [6.07, 6.45) is 5.18. The van der Waals surface area contributed by atoms with Gasteiger partial charge in [0.05, 0.1) is 6.10 Å². The van der Waals surface area contributed by atoms with Gasteiger partial charge in [-0.2, -0.15) is 0 Å². The van der Waals surface area contributed by atoms with Gasteiger partial charge >= 0.3 is 5.97 Å². The lowest BCUT2D eigenvalue weighted by Crippen LogP contribution is -2.32. The number of carboxylic acid groups (broad SMARTS) is 1. The molecular weight excluding hydrogens is 170 g/mol. The summed E-state index contributed by atoms with van der Waals surface area (Å²) >= 11 is 0. The quantitative estimate of drug-likeness (QED) is 0.545. The van der Waals surface area contributed by atoms with Gasteiger partial charge < -0.3 is 15.9 Å². The molecule has 4 N–H and O–H groups in total. The number of aliphatic hydroxyl groups excluding tert-OH is 1. The highest BCUT2D eigenvalue weighted by molar-refractivity contribution is 5.73. The summed E-state index contributed by atoms with van der Waals surface area (Å²) in [5.41, 5.74) is 5.39. The second kappa shape index (κ2) is 4.39. The van der Waals surface area contributed by atoms with E-state index in [1.807, 2.05) is 6.08 Å². The normalized spacial score (nSPS) is 30.0. The predicted octanol–water partition coefficient (Wildman–Crippen LogP) is 0.115. The van der Waals surface area contributed by atoms with Gasteiger partial charge in [-0.3, -0.25) is 4.79 Å². The van der Waals surface area contributed by atoms with Crippen molar-refractivity contribution in [3.05, 3.63) is 12.2 Å². The first-order chi connectivity index (χ1) is 6.09. The monoisotopic (exact) mass is 185 g/mol. The second-order valence-corrected chi connectivity index (χ2v) is 3.47. The fraction of sp³-hybridized carbons (Fsp3) is 0.667. The zero-order chi connectivity index (χ0) is 9.84. The number of carboxylic acids is 1. The van der Waals surface area contributed by atoms with Crippen LogP contribution in [-0.4, -0.2) is 28.3 Å². The molecule has 74 valence electrons. The SMILES string of the molecule is NC(CC1C=CC(O)CC1)C(=O)O. The van der Waals surface area contributed by atoms with E-state index in [9.17, 15) is 4.79 Å². The topological polar surface area (TPSA) is 83.5 Å². The molecule has 1 aliphatic rings. The van der Waals surface area contributed by atoms with E-state index in [-0.39, 0.29) is 12.0 Å². The summed E-state index contributed by atoms with van der Waals surface area (Å²) in [5.74, 6) is -0.756. The molecular formula is C9H15NO3.